The van der Waals surface area contributed by atoms with E-state index in [1.54, 1.807) is 0 Å². The molecule has 1 heterocycles. The zero-order valence-electron chi connectivity index (χ0n) is 11.8. The van der Waals surface area contributed by atoms with E-state index in [0.29, 0.717) is 13.0 Å². The van der Waals surface area contributed by atoms with Crippen molar-refractivity contribution < 1.29 is 9.90 Å². The standard InChI is InChI=1S/C16H23NO2/c1-3-13-5-4-6-14(9-13)10-16(19)17-8-7-15(11-17)12(2)18/h4-6,9,12,15,18H,3,7-8,10-11H2,1-2H3. The summed E-state index contributed by atoms with van der Waals surface area (Å²) in [6.07, 6.45) is 2.07. The second kappa shape index (κ2) is 6.20. The number of carbonyl (C=O) groups excluding carboxylic acids is 1. The fourth-order valence-electron chi connectivity index (χ4n) is 2.65. The molecule has 2 unspecified atom stereocenters. The molecule has 1 N–H and O–H groups in total. The van der Waals surface area contributed by atoms with Crippen molar-refractivity contribution in [3.8, 4) is 0 Å². The molecule has 104 valence electrons. The van der Waals surface area contributed by atoms with Gasteiger partial charge in [0.05, 0.1) is 12.5 Å². The van der Waals surface area contributed by atoms with Gasteiger partial charge in [0.1, 0.15) is 0 Å². The highest BCUT2D eigenvalue weighted by atomic mass is 16.3. The number of nitrogens with zero attached hydrogens (tertiary/aromatic N) is 1. The van der Waals surface area contributed by atoms with Crippen molar-refractivity contribution in [2.45, 2.75) is 39.2 Å². The van der Waals surface area contributed by atoms with Gasteiger partial charge in [0, 0.05) is 19.0 Å². The highest BCUT2D eigenvalue weighted by Gasteiger charge is 2.28. The number of amides is 1. The van der Waals surface area contributed by atoms with Gasteiger partial charge in [0.15, 0.2) is 0 Å². The Morgan fingerprint density at radius 1 is 1.47 bits per heavy atom. The van der Waals surface area contributed by atoms with E-state index in [4.69, 9.17) is 0 Å². The summed E-state index contributed by atoms with van der Waals surface area (Å²) in [6.45, 7) is 5.41. The van der Waals surface area contributed by atoms with E-state index in [9.17, 15) is 9.90 Å². The average Bonchev–Trinajstić information content (AvgIpc) is 2.89. The van der Waals surface area contributed by atoms with Crippen molar-refractivity contribution in [2.75, 3.05) is 13.1 Å². The van der Waals surface area contributed by atoms with Gasteiger partial charge in [-0.25, -0.2) is 0 Å². The van der Waals surface area contributed by atoms with Crippen LogP contribution < -0.4 is 0 Å². The van der Waals surface area contributed by atoms with Crippen molar-refractivity contribution in [1.29, 1.82) is 0 Å². The van der Waals surface area contributed by atoms with E-state index in [1.165, 1.54) is 5.56 Å². The molecule has 0 aliphatic carbocycles. The first-order valence-electron chi connectivity index (χ1n) is 7.13. The van der Waals surface area contributed by atoms with Crippen LogP contribution in [0, 0.1) is 5.92 Å². The molecule has 0 bridgehead atoms. The van der Waals surface area contributed by atoms with Gasteiger partial charge in [0.25, 0.3) is 0 Å². The molecule has 1 amide bonds. The Morgan fingerprint density at radius 2 is 2.21 bits per heavy atom. The van der Waals surface area contributed by atoms with Gasteiger partial charge < -0.3 is 10.0 Å². The molecule has 2 rings (SSSR count). The molecule has 19 heavy (non-hydrogen) atoms. The Kier molecular flexibility index (Phi) is 4.59. The molecule has 0 aromatic heterocycles. The lowest BCUT2D eigenvalue weighted by Crippen LogP contribution is -2.31. The predicted octanol–water partition coefficient (Wildman–Crippen LogP) is 2.02. The van der Waals surface area contributed by atoms with Gasteiger partial charge in [-0.3, -0.25) is 4.79 Å². The van der Waals surface area contributed by atoms with E-state index in [-0.39, 0.29) is 17.9 Å². The number of aliphatic hydroxyl groups excluding tert-OH is 1. The molecule has 3 nitrogen and oxygen atoms in total. The minimum atomic E-state index is -0.318. The van der Waals surface area contributed by atoms with E-state index in [2.05, 4.69) is 19.1 Å². The van der Waals surface area contributed by atoms with Crippen LogP contribution in [0.3, 0.4) is 0 Å². The molecule has 1 aromatic carbocycles. The summed E-state index contributed by atoms with van der Waals surface area (Å²) in [6, 6.07) is 8.23. The Labute approximate surface area is 115 Å². The number of aryl methyl sites for hydroxylation is 1. The van der Waals surface area contributed by atoms with Crippen molar-refractivity contribution >= 4 is 5.91 Å². The lowest BCUT2D eigenvalue weighted by atomic mass is 10.0. The number of rotatable bonds is 4. The summed E-state index contributed by atoms with van der Waals surface area (Å²) in [7, 11) is 0. The minimum Gasteiger partial charge on any atom is -0.393 e. The van der Waals surface area contributed by atoms with Crippen LogP contribution in [-0.2, 0) is 17.6 Å². The first-order chi connectivity index (χ1) is 9.10. The normalized spacial score (nSPS) is 20.6. The van der Waals surface area contributed by atoms with Gasteiger partial charge in [-0.2, -0.15) is 0 Å². The smallest absolute Gasteiger partial charge is 0.227 e. The summed E-state index contributed by atoms with van der Waals surface area (Å²) < 4.78 is 0. The first kappa shape index (κ1) is 14.1. The fourth-order valence-corrected chi connectivity index (χ4v) is 2.65. The maximum atomic E-state index is 12.2. The highest BCUT2D eigenvalue weighted by molar-refractivity contribution is 5.79. The third kappa shape index (κ3) is 3.57. The molecule has 0 saturated carbocycles. The number of hydrogen-bond acceptors (Lipinski definition) is 2. The van der Waals surface area contributed by atoms with Crippen LogP contribution >= 0.6 is 0 Å². The summed E-state index contributed by atoms with van der Waals surface area (Å²) >= 11 is 0. The van der Waals surface area contributed by atoms with E-state index in [0.717, 1.165) is 24.9 Å². The van der Waals surface area contributed by atoms with E-state index >= 15 is 0 Å². The van der Waals surface area contributed by atoms with Crippen molar-refractivity contribution in [2.24, 2.45) is 5.92 Å². The molecule has 0 radical (unpaired) electrons. The number of benzene rings is 1. The monoisotopic (exact) mass is 261 g/mol. The lowest BCUT2D eigenvalue weighted by Gasteiger charge is -2.18. The second-order valence-electron chi connectivity index (χ2n) is 5.48. The van der Waals surface area contributed by atoms with Crippen LogP contribution in [0.1, 0.15) is 31.4 Å². The lowest BCUT2D eigenvalue weighted by molar-refractivity contribution is -0.129. The van der Waals surface area contributed by atoms with Crippen molar-refractivity contribution in [3.05, 3.63) is 35.4 Å². The van der Waals surface area contributed by atoms with Crippen molar-refractivity contribution in [1.82, 2.24) is 4.90 Å². The number of carbonyl (C=O) groups is 1. The van der Waals surface area contributed by atoms with Crippen LogP contribution in [0.4, 0.5) is 0 Å². The summed E-state index contributed by atoms with van der Waals surface area (Å²) in [5.41, 5.74) is 2.36. The molecular weight excluding hydrogens is 238 g/mol. The van der Waals surface area contributed by atoms with E-state index < -0.39 is 0 Å². The molecular formula is C16H23NO2. The van der Waals surface area contributed by atoms with Crippen LogP contribution in [0.2, 0.25) is 0 Å². The van der Waals surface area contributed by atoms with Crippen molar-refractivity contribution in [3.63, 3.8) is 0 Å². The number of hydrogen-bond donors (Lipinski definition) is 1. The molecule has 1 aliphatic heterocycles. The number of likely N-dealkylation sites (tertiary alicyclic amines) is 1. The maximum Gasteiger partial charge on any atom is 0.227 e. The van der Waals surface area contributed by atoms with Gasteiger partial charge in [-0.15, -0.1) is 0 Å². The maximum absolute atomic E-state index is 12.2. The van der Waals surface area contributed by atoms with Gasteiger partial charge in [0.2, 0.25) is 5.91 Å². The summed E-state index contributed by atoms with van der Waals surface area (Å²) in [4.78, 5) is 14.1. The molecule has 0 spiro atoms. The second-order valence-corrected chi connectivity index (χ2v) is 5.48. The highest BCUT2D eigenvalue weighted by Crippen LogP contribution is 2.20. The van der Waals surface area contributed by atoms with Crippen LogP contribution in [-0.4, -0.2) is 35.1 Å². The van der Waals surface area contributed by atoms with Crippen LogP contribution in [0.5, 0.6) is 0 Å². The average molecular weight is 261 g/mol. The zero-order valence-corrected chi connectivity index (χ0v) is 11.8. The first-order valence-corrected chi connectivity index (χ1v) is 7.13. The Morgan fingerprint density at radius 3 is 2.84 bits per heavy atom. The molecule has 1 fully saturated rings. The molecule has 1 aromatic rings. The topological polar surface area (TPSA) is 40.5 Å². The summed E-state index contributed by atoms with van der Waals surface area (Å²) in [5, 5.41) is 9.57. The zero-order chi connectivity index (χ0) is 13.8. The SMILES string of the molecule is CCc1cccc(CC(=O)N2CCC(C(C)O)C2)c1. The quantitative estimate of drug-likeness (QED) is 0.901. The minimum absolute atomic E-state index is 0.177. The van der Waals surface area contributed by atoms with Gasteiger partial charge in [-0.1, -0.05) is 31.2 Å². The molecule has 2 atom stereocenters. The van der Waals surface area contributed by atoms with Crippen LogP contribution in [0.25, 0.3) is 0 Å². The molecule has 1 saturated heterocycles. The predicted molar refractivity (Wildman–Crippen MR) is 75.9 cm³/mol. The van der Waals surface area contributed by atoms with Gasteiger partial charge >= 0.3 is 0 Å². The third-order valence-electron chi connectivity index (χ3n) is 4.01. The largest absolute Gasteiger partial charge is 0.393 e. The Bertz CT molecular complexity index is 442. The van der Waals surface area contributed by atoms with Gasteiger partial charge in [-0.05, 0) is 30.9 Å². The van der Waals surface area contributed by atoms with E-state index in [1.807, 2.05) is 24.0 Å². The van der Waals surface area contributed by atoms with Crippen LogP contribution in [0.15, 0.2) is 24.3 Å². The molecule has 3 heteroatoms. The Balaban J connectivity index is 1.94. The Hall–Kier alpha value is -1.35. The molecule has 1 aliphatic rings. The number of aliphatic hydroxyl groups is 1. The fraction of sp³-hybridized carbons (Fsp3) is 0.562. The summed E-state index contributed by atoms with van der Waals surface area (Å²) in [5.74, 6) is 0.419. The third-order valence-corrected chi connectivity index (χ3v) is 4.01.